The van der Waals surface area contributed by atoms with Gasteiger partial charge in [0.15, 0.2) is 0 Å². The molecule has 6 nitrogen and oxygen atoms in total. The summed E-state index contributed by atoms with van der Waals surface area (Å²) in [6, 6.07) is 6.15. The van der Waals surface area contributed by atoms with Crippen LogP contribution < -0.4 is 10.6 Å². The molecule has 1 aromatic rings. The molecule has 0 fully saturated rings. The van der Waals surface area contributed by atoms with Crippen LogP contribution in [0.5, 0.6) is 0 Å². The van der Waals surface area contributed by atoms with E-state index in [0.29, 0.717) is 5.70 Å². The number of carbonyl (C=O) groups excluding carboxylic acids is 1. The number of benzene rings is 1. The molecule has 2 N–H and O–H groups in total. The lowest BCUT2D eigenvalue weighted by Gasteiger charge is -2.23. The van der Waals surface area contributed by atoms with Gasteiger partial charge in [0, 0.05) is 18.7 Å². The van der Waals surface area contributed by atoms with Crippen molar-refractivity contribution in [3.05, 3.63) is 40.4 Å². The molecular formula is C15H20N2O4S. The molecule has 2 rings (SSSR count). The fourth-order valence-electron chi connectivity index (χ4n) is 2.55. The van der Waals surface area contributed by atoms with E-state index in [1.807, 2.05) is 6.92 Å². The average molecular weight is 324 g/mol. The van der Waals surface area contributed by atoms with Gasteiger partial charge in [-0.25, -0.2) is 13.2 Å². The molecule has 0 radical (unpaired) electrons. The second kappa shape index (κ2) is 6.10. The maximum Gasteiger partial charge on any atom is 0.321 e. The Balaban J connectivity index is 2.57. The summed E-state index contributed by atoms with van der Waals surface area (Å²) >= 11 is 0. The van der Waals surface area contributed by atoms with Gasteiger partial charge in [-0.05, 0) is 26.0 Å². The molecule has 2 atom stereocenters. The van der Waals surface area contributed by atoms with E-state index in [0.717, 1.165) is 5.56 Å². The highest BCUT2D eigenvalue weighted by molar-refractivity contribution is 7.95. The third kappa shape index (κ3) is 3.00. The van der Waals surface area contributed by atoms with E-state index in [1.165, 1.54) is 7.11 Å². The second-order valence-electron chi connectivity index (χ2n) is 5.35. The Morgan fingerprint density at radius 1 is 1.14 bits per heavy atom. The van der Waals surface area contributed by atoms with E-state index in [2.05, 4.69) is 10.6 Å². The van der Waals surface area contributed by atoms with Crippen LogP contribution >= 0.6 is 0 Å². The summed E-state index contributed by atoms with van der Waals surface area (Å²) in [5, 5.41) is 5.14. The lowest BCUT2D eigenvalue weighted by molar-refractivity contribution is 0.0552. The van der Waals surface area contributed by atoms with Crippen molar-refractivity contribution in [2.24, 2.45) is 5.92 Å². The number of urea groups is 1. The molecule has 0 saturated heterocycles. The van der Waals surface area contributed by atoms with Crippen LogP contribution in [-0.2, 0) is 14.6 Å². The largest absolute Gasteiger partial charge is 0.361 e. The molecule has 1 aliphatic rings. The minimum absolute atomic E-state index is 0.154. The molecular weight excluding hydrogens is 304 g/mol. The van der Waals surface area contributed by atoms with E-state index in [-0.39, 0.29) is 9.80 Å². The first-order valence-corrected chi connectivity index (χ1v) is 8.38. The standard InChI is InChI=1S/C15H20N2O4S/c1-9-5-7-12(8-6-9)22(19,20)13-10(2)14(21-4)17-15(18)16-11(13)3/h5-8,10,14H,1-4H3,(H2,16,17,18)/t10-,14+/m1/s1. The molecule has 120 valence electrons. The van der Waals surface area contributed by atoms with Gasteiger partial charge >= 0.3 is 6.03 Å². The number of aryl methyl sites for hydroxylation is 1. The minimum atomic E-state index is -3.72. The van der Waals surface area contributed by atoms with Gasteiger partial charge in [0.05, 0.1) is 9.80 Å². The molecule has 22 heavy (non-hydrogen) atoms. The van der Waals surface area contributed by atoms with Gasteiger partial charge < -0.3 is 15.4 Å². The van der Waals surface area contributed by atoms with Crippen LogP contribution in [0.1, 0.15) is 19.4 Å². The van der Waals surface area contributed by atoms with Crippen LogP contribution in [0.4, 0.5) is 4.79 Å². The zero-order valence-corrected chi connectivity index (χ0v) is 13.8. The average Bonchev–Trinajstić information content (AvgIpc) is 2.55. The summed E-state index contributed by atoms with van der Waals surface area (Å²) in [7, 11) is -2.29. The Hall–Kier alpha value is -1.86. The molecule has 0 saturated carbocycles. The van der Waals surface area contributed by atoms with E-state index < -0.39 is 28.0 Å². The van der Waals surface area contributed by atoms with Crippen LogP contribution in [0.3, 0.4) is 0 Å². The third-order valence-electron chi connectivity index (χ3n) is 3.69. The first kappa shape index (κ1) is 16.5. The smallest absolute Gasteiger partial charge is 0.321 e. The number of allylic oxidation sites excluding steroid dienone is 1. The second-order valence-corrected chi connectivity index (χ2v) is 7.27. The highest BCUT2D eigenvalue weighted by atomic mass is 32.2. The van der Waals surface area contributed by atoms with Crippen molar-refractivity contribution in [1.82, 2.24) is 10.6 Å². The Labute approximate surface area is 130 Å². The number of hydrogen-bond acceptors (Lipinski definition) is 4. The predicted molar refractivity (Wildman–Crippen MR) is 82.7 cm³/mol. The van der Waals surface area contributed by atoms with Gasteiger partial charge in [0.25, 0.3) is 0 Å². The maximum absolute atomic E-state index is 12.9. The van der Waals surface area contributed by atoms with Crippen LogP contribution in [-0.4, -0.2) is 27.8 Å². The van der Waals surface area contributed by atoms with Gasteiger partial charge in [0.1, 0.15) is 6.23 Å². The van der Waals surface area contributed by atoms with Crippen molar-refractivity contribution in [3.8, 4) is 0 Å². The predicted octanol–water partition coefficient (Wildman–Crippen LogP) is 1.92. The molecule has 1 aromatic carbocycles. The molecule has 1 heterocycles. The quantitative estimate of drug-likeness (QED) is 0.889. The van der Waals surface area contributed by atoms with Crippen molar-refractivity contribution < 1.29 is 17.9 Å². The van der Waals surface area contributed by atoms with Crippen LogP contribution in [0.25, 0.3) is 0 Å². The summed E-state index contributed by atoms with van der Waals surface area (Å²) in [6.07, 6.45) is -0.715. The minimum Gasteiger partial charge on any atom is -0.361 e. The number of amides is 2. The Morgan fingerprint density at radius 2 is 1.73 bits per heavy atom. The molecule has 0 bridgehead atoms. The summed E-state index contributed by atoms with van der Waals surface area (Å²) in [6.45, 7) is 5.18. The summed E-state index contributed by atoms with van der Waals surface area (Å²) in [4.78, 5) is 12.1. The van der Waals surface area contributed by atoms with Gasteiger partial charge in [-0.15, -0.1) is 0 Å². The van der Waals surface area contributed by atoms with Crippen molar-refractivity contribution in [3.63, 3.8) is 0 Å². The van der Waals surface area contributed by atoms with Gasteiger partial charge in [-0.3, -0.25) is 0 Å². The van der Waals surface area contributed by atoms with Crippen molar-refractivity contribution >= 4 is 15.9 Å². The third-order valence-corrected chi connectivity index (χ3v) is 5.84. The first-order valence-electron chi connectivity index (χ1n) is 6.90. The van der Waals surface area contributed by atoms with Crippen molar-refractivity contribution in [2.75, 3.05) is 7.11 Å². The number of carbonyl (C=O) groups is 1. The van der Waals surface area contributed by atoms with Crippen LogP contribution in [0.15, 0.2) is 39.8 Å². The fraction of sp³-hybridized carbons (Fsp3) is 0.400. The number of rotatable bonds is 3. The zero-order chi connectivity index (χ0) is 16.5. The maximum atomic E-state index is 12.9. The van der Waals surface area contributed by atoms with E-state index in [1.54, 1.807) is 38.1 Å². The number of methoxy groups -OCH3 is 1. The lowest BCUT2D eigenvalue weighted by Crippen LogP contribution is -2.43. The van der Waals surface area contributed by atoms with E-state index in [9.17, 15) is 13.2 Å². The highest BCUT2D eigenvalue weighted by Crippen LogP contribution is 2.31. The topological polar surface area (TPSA) is 84.5 Å². The molecule has 0 spiro atoms. The number of hydrogen-bond donors (Lipinski definition) is 2. The highest BCUT2D eigenvalue weighted by Gasteiger charge is 2.36. The summed E-state index contributed by atoms with van der Waals surface area (Å²) < 4.78 is 31.1. The van der Waals surface area contributed by atoms with Crippen molar-refractivity contribution in [1.29, 1.82) is 0 Å². The molecule has 0 aliphatic carbocycles. The van der Waals surface area contributed by atoms with Crippen molar-refractivity contribution in [2.45, 2.75) is 31.9 Å². The Kier molecular flexibility index (Phi) is 4.58. The molecule has 0 aromatic heterocycles. The summed E-state index contributed by atoms with van der Waals surface area (Å²) in [5.41, 5.74) is 1.29. The molecule has 0 unspecified atom stereocenters. The summed E-state index contributed by atoms with van der Waals surface area (Å²) in [5.74, 6) is -0.518. The Morgan fingerprint density at radius 3 is 2.27 bits per heavy atom. The number of sulfone groups is 1. The van der Waals surface area contributed by atoms with Gasteiger partial charge in [-0.2, -0.15) is 0 Å². The van der Waals surface area contributed by atoms with Crippen LogP contribution in [0, 0.1) is 12.8 Å². The number of nitrogens with one attached hydrogen (secondary N) is 2. The van der Waals surface area contributed by atoms with E-state index >= 15 is 0 Å². The van der Waals surface area contributed by atoms with E-state index in [4.69, 9.17) is 4.74 Å². The fourth-order valence-corrected chi connectivity index (χ4v) is 4.37. The first-order chi connectivity index (χ1) is 10.3. The van der Waals surface area contributed by atoms with Gasteiger partial charge in [0.2, 0.25) is 9.84 Å². The monoisotopic (exact) mass is 324 g/mol. The molecule has 1 aliphatic heterocycles. The SMILES string of the molecule is CO[C@@H]1NC(=O)NC(C)=C(S(=O)(=O)c2ccc(C)cc2)[C@H]1C. The van der Waals surface area contributed by atoms with Gasteiger partial charge in [-0.1, -0.05) is 24.6 Å². The number of ether oxygens (including phenoxy) is 1. The lowest BCUT2D eigenvalue weighted by atomic mass is 10.1. The molecule has 7 heteroatoms. The van der Waals surface area contributed by atoms with Crippen LogP contribution in [0.2, 0.25) is 0 Å². The Bertz CT molecular complexity index is 708. The zero-order valence-electron chi connectivity index (χ0n) is 13.0. The molecule has 2 amide bonds. The normalized spacial score (nSPS) is 22.8.